The highest BCUT2D eigenvalue weighted by molar-refractivity contribution is 5.96. The first-order valence-electron chi connectivity index (χ1n) is 11.5. The van der Waals surface area contributed by atoms with Crippen molar-refractivity contribution in [2.45, 2.75) is 27.7 Å². The van der Waals surface area contributed by atoms with Crippen LogP contribution in [0.2, 0.25) is 0 Å². The van der Waals surface area contributed by atoms with Crippen LogP contribution in [-0.4, -0.2) is 72.4 Å². The molecule has 2 N–H and O–H groups in total. The van der Waals surface area contributed by atoms with E-state index in [1.54, 1.807) is 12.4 Å². The number of hydrogen-bond acceptors (Lipinski definition) is 6. The van der Waals surface area contributed by atoms with E-state index in [9.17, 15) is 9.59 Å². The maximum absolute atomic E-state index is 13.4. The van der Waals surface area contributed by atoms with Crippen LogP contribution in [0.25, 0.3) is 21.5 Å². The lowest BCUT2D eigenvalue weighted by Crippen LogP contribution is -2.30. The Kier molecular flexibility index (Phi) is 8.30. The van der Waals surface area contributed by atoms with E-state index < -0.39 is 0 Å². The van der Waals surface area contributed by atoms with E-state index in [-0.39, 0.29) is 10.9 Å². The first-order chi connectivity index (χ1) is 15.5. The van der Waals surface area contributed by atoms with Crippen LogP contribution in [0, 0.1) is 0 Å². The molecule has 0 aliphatic carbocycles. The quantitative estimate of drug-likeness (QED) is 0.466. The molecule has 0 bridgehead atoms. The van der Waals surface area contributed by atoms with Crippen molar-refractivity contribution >= 4 is 21.5 Å². The Morgan fingerprint density at radius 1 is 0.688 bits per heavy atom. The molecule has 32 heavy (non-hydrogen) atoms. The number of H-pyrrole nitrogens is 2. The topological polar surface area (TPSA) is 96.9 Å². The van der Waals surface area contributed by atoms with Crippen molar-refractivity contribution in [3.63, 3.8) is 0 Å². The molecule has 3 rings (SSSR count). The molecule has 8 heteroatoms. The summed E-state index contributed by atoms with van der Waals surface area (Å²) in [6.07, 6.45) is 3.09. The first-order valence-corrected chi connectivity index (χ1v) is 11.5. The van der Waals surface area contributed by atoms with Crippen LogP contribution < -0.4 is 21.6 Å². The lowest BCUT2D eigenvalue weighted by atomic mass is 10.0. The standard InChI is InChI=1S/C24H34N6O2/c1-5-29(6-2)13-11-25-19-9-10-20(26-12-14-30(7-3)8-4)22-21(19)23(31)17-15-27-28-16-18(17)24(22)32/h9-10,15-16,27-28H,5-8,11-14H2,1-4H3. The van der Waals surface area contributed by atoms with Crippen LogP contribution in [-0.2, 0) is 0 Å². The van der Waals surface area contributed by atoms with E-state index in [4.69, 9.17) is 9.98 Å². The van der Waals surface area contributed by atoms with Gasteiger partial charge >= 0.3 is 0 Å². The fraction of sp³-hybridized carbons (Fsp3) is 0.500. The molecule has 1 aromatic heterocycles. The molecule has 2 aromatic carbocycles. The van der Waals surface area contributed by atoms with Crippen molar-refractivity contribution in [3.05, 3.63) is 55.7 Å². The fourth-order valence-corrected chi connectivity index (χ4v) is 4.04. The lowest BCUT2D eigenvalue weighted by Gasteiger charge is -2.16. The van der Waals surface area contributed by atoms with Crippen molar-refractivity contribution in [3.8, 4) is 0 Å². The third-order valence-electron chi connectivity index (χ3n) is 6.10. The van der Waals surface area contributed by atoms with Gasteiger partial charge < -0.3 is 20.0 Å². The highest BCUT2D eigenvalue weighted by Crippen LogP contribution is 2.06. The Balaban J connectivity index is 2.21. The second-order valence-electron chi connectivity index (χ2n) is 7.73. The SMILES string of the molecule is CCN(CC)CCN=c1ccc(=NCCN(CC)CC)c2c(=O)c3c[nH][nH]cc3c(=O)c12. The van der Waals surface area contributed by atoms with Crippen molar-refractivity contribution in [1.29, 1.82) is 0 Å². The third kappa shape index (κ3) is 4.97. The largest absolute Gasteiger partial charge is 0.308 e. The number of hydrogen-bond donors (Lipinski definition) is 2. The zero-order chi connectivity index (χ0) is 23.1. The Morgan fingerprint density at radius 2 is 1.06 bits per heavy atom. The van der Waals surface area contributed by atoms with Gasteiger partial charge in [0.25, 0.3) is 0 Å². The fourth-order valence-electron chi connectivity index (χ4n) is 4.04. The minimum Gasteiger partial charge on any atom is -0.308 e. The van der Waals surface area contributed by atoms with E-state index in [2.05, 4.69) is 47.7 Å². The Morgan fingerprint density at radius 3 is 1.41 bits per heavy atom. The zero-order valence-corrected chi connectivity index (χ0v) is 19.6. The summed E-state index contributed by atoms with van der Waals surface area (Å²) in [5.74, 6) is 0. The molecule has 0 aliphatic heterocycles. The number of nitrogens with zero attached hydrogens (tertiary/aromatic N) is 4. The first kappa shape index (κ1) is 23.8. The normalized spacial score (nSPS) is 13.3. The molecule has 0 radical (unpaired) electrons. The number of benzene rings is 2. The van der Waals surface area contributed by atoms with Crippen molar-refractivity contribution in [1.82, 2.24) is 20.0 Å². The van der Waals surface area contributed by atoms with Gasteiger partial charge in [0, 0.05) is 25.5 Å². The maximum atomic E-state index is 13.4. The highest BCUT2D eigenvalue weighted by Gasteiger charge is 2.14. The van der Waals surface area contributed by atoms with Crippen molar-refractivity contribution in [2.75, 3.05) is 52.4 Å². The van der Waals surface area contributed by atoms with Gasteiger partial charge in [0.05, 0.1) is 45.3 Å². The van der Waals surface area contributed by atoms with E-state index in [0.717, 1.165) is 39.3 Å². The molecule has 0 fully saturated rings. The van der Waals surface area contributed by atoms with E-state index in [1.807, 2.05) is 12.1 Å². The van der Waals surface area contributed by atoms with E-state index >= 15 is 0 Å². The number of likely N-dealkylation sites (N-methyl/N-ethyl adjacent to an activating group) is 2. The summed E-state index contributed by atoms with van der Waals surface area (Å²) in [7, 11) is 0. The molecular weight excluding hydrogens is 404 g/mol. The predicted octanol–water partition coefficient (Wildman–Crippen LogP) is 1.29. The number of aromatic nitrogens is 2. The van der Waals surface area contributed by atoms with E-state index in [1.165, 1.54) is 0 Å². The Bertz CT molecular complexity index is 1190. The Labute approximate surface area is 187 Å². The van der Waals surface area contributed by atoms with Gasteiger partial charge in [-0.3, -0.25) is 19.6 Å². The molecule has 0 aliphatic rings. The summed E-state index contributed by atoms with van der Waals surface area (Å²) in [6.45, 7) is 15.0. The Hall–Kier alpha value is -2.84. The van der Waals surface area contributed by atoms with Crippen LogP contribution in [0.1, 0.15) is 27.7 Å². The summed E-state index contributed by atoms with van der Waals surface area (Å²) in [4.78, 5) is 40.8. The minimum atomic E-state index is -0.192. The van der Waals surface area contributed by atoms with Gasteiger partial charge in [0.15, 0.2) is 10.9 Å². The zero-order valence-electron chi connectivity index (χ0n) is 19.6. The van der Waals surface area contributed by atoms with Gasteiger partial charge in [-0.25, -0.2) is 0 Å². The second-order valence-corrected chi connectivity index (χ2v) is 7.73. The number of nitrogens with one attached hydrogen (secondary N) is 2. The summed E-state index contributed by atoms with van der Waals surface area (Å²) in [6, 6.07) is 3.65. The number of fused-ring (bicyclic) bond motifs is 2. The van der Waals surface area contributed by atoms with Gasteiger partial charge in [-0.1, -0.05) is 27.7 Å². The van der Waals surface area contributed by atoms with Crippen LogP contribution >= 0.6 is 0 Å². The molecular formula is C24H34N6O2. The molecule has 172 valence electrons. The molecule has 8 nitrogen and oxygen atoms in total. The lowest BCUT2D eigenvalue weighted by molar-refractivity contribution is 0.312. The molecule has 0 saturated carbocycles. The molecule has 1 heterocycles. The second kappa shape index (κ2) is 11.2. The molecule has 0 unspecified atom stereocenters. The summed E-state index contributed by atoms with van der Waals surface area (Å²) >= 11 is 0. The highest BCUT2D eigenvalue weighted by atomic mass is 16.1. The molecule has 3 aromatic rings. The van der Waals surface area contributed by atoms with Crippen molar-refractivity contribution < 1.29 is 0 Å². The average molecular weight is 439 g/mol. The van der Waals surface area contributed by atoms with Crippen molar-refractivity contribution in [2.24, 2.45) is 9.98 Å². The van der Waals surface area contributed by atoms with Gasteiger partial charge in [-0.05, 0) is 38.3 Å². The third-order valence-corrected chi connectivity index (χ3v) is 6.10. The van der Waals surface area contributed by atoms with Gasteiger partial charge in [0.2, 0.25) is 0 Å². The summed E-state index contributed by atoms with van der Waals surface area (Å²) in [5, 5.41) is 8.19. The predicted molar refractivity (Wildman–Crippen MR) is 130 cm³/mol. The summed E-state index contributed by atoms with van der Waals surface area (Å²) < 4.78 is 0. The molecule has 0 amide bonds. The minimum absolute atomic E-state index is 0.192. The average Bonchev–Trinajstić information content (AvgIpc) is 2.83. The number of aromatic amines is 2. The van der Waals surface area contributed by atoms with E-state index in [0.29, 0.717) is 45.3 Å². The maximum Gasteiger partial charge on any atom is 0.198 e. The van der Waals surface area contributed by atoms with Crippen LogP contribution in [0.3, 0.4) is 0 Å². The summed E-state index contributed by atoms with van der Waals surface area (Å²) in [5.41, 5.74) is -0.385. The van der Waals surface area contributed by atoms with Crippen LogP contribution in [0.5, 0.6) is 0 Å². The molecule has 0 saturated heterocycles. The van der Waals surface area contributed by atoms with Gasteiger partial charge in [0.1, 0.15) is 0 Å². The van der Waals surface area contributed by atoms with Crippen LogP contribution in [0.4, 0.5) is 0 Å². The van der Waals surface area contributed by atoms with Gasteiger partial charge in [-0.15, -0.1) is 0 Å². The monoisotopic (exact) mass is 438 g/mol. The molecule has 0 spiro atoms. The smallest absolute Gasteiger partial charge is 0.198 e. The van der Waals surface area contributed by atoms with Gasteiger partial charge in [-0.2, -0.15) is 0 Å². The molecule has 0 atom stereocenters. The number of rotatable bonds is 10. The van der Waals surface area contributed by atoms with Crippen LogP contribution in [0.15, 0.2) is 44.1 Å².